The number of Topliss-reactive ketones (excluding diaryl/α,β-unsaturated/α-hetero) is 1. The fourth-order valence-electron chi connectivity index (χ4n) is 4.04. The van der Waals surface area contributed by atoms with Crippen LogP contribution in [0.25, 0.3) is 5.76 Å². The quantitative estimate of drug-likeness (QED) is 0.337. The molecule has 1 aromatic heterocycles. The Kier molecular flexibility index (Phi) is 6.13. The summed E-state index contributed by atoms with van der Waals surface area (Å²) in [5.41, 5.74) is 2.42. The van der Waals surface area contributed by atoms with Crippen molar-refractivity contribution < 1.29 is 24.5 Å². The first-order chi connectivity index (χ1) is 15.9. The number of hydrogen-bond donors (Lipinski definition) is 2. The van der Waals surface area contributed by atoms with E-state index in [1.165, 1.54) is 17.0 Å². The summed E-state index contributed by atoms with van der Waals surface area (Å²) in [4.78, 5) is 31.7. The molecule has 1 fully saturated rings. The molecule has 33 heavy (non-hydrogen) atoms. The number of aromatic nitrogens is 1. The number of amides is 1. The monoisotopic (exact) mass is 444 g/mol. The molecule has 0 spiro atoms. The molecule has 2 heterocycles. The van der Waals surface area contributed by atoms with E-state index in [0.29, 0.717) is 23.5 Å². The van der Waals surface area contributed by atoms with E-state index in [4.69, 9.17) is 4.74 Å². The first-order valence-electron chi connectivity index (χ1n) is 10.6. The highest BCUT2D eigenvalue weighted by Gasteiger charge is 2.46. The number of rotatable bonds is 6. The summed E-state index contributed by atoms with van der Waals surface area (Å²) in [7, 11) is 0. The lowest BCUT2D eigenvalue weighted by molar-refractivity contribution is -0.140. The Labute approximate surface area is 191 Å². The molecule has 2 aromatic carbocycles. The van der Waals surface area contributed by atoms with E-state index in [9.17, 15) is 19.8 Å². The summed E-state index contributed by atoms with van der Waals surface area (Å²) in [6, 6.07) is 14.1. The van der Waals surface area contributed by atoms with Gasteiger partial charge in [0, 0.05) is 24.5 Å². The molecule has 4 rings (SSSR count). The second-order valence-electron chi connectivity index (χ2n) is 7.80. The summed E-state index contributed by atoms with van der Waals surface area (Å²) >= 11 is 0. The third-order valence-electron chi connectivity index (χ3n) is 5.55. The summed E-state index contributed by atoms with van der Waals surface area (Å²) in [6.45, 7) is 4.35. The van der Waals surface area contributed by atoms with Crippen LogP contribution < -0.4 is 4.74 Å². The molecule has 1 aliphatic rings. The molecule has 168 valence electrons. The van der Waals surface area contributed by atoms with Crippen LogP contribution in [-0.2, 0) is 16.1 Å². The van der Waals surface area contributed by atoms with E-state index in [2.05, 4.69) is 4.98 Å². The van der Waals surface area contributed by atoms with Crippen LogP contribution in [0.1, 0.15) is 35.2 Å². The lowest BCUT2D eigenvalue weighted by Crippen LogP contribution is -2.29. The summed E-state index contributed by atoms with van der Waals surface area (Å²) in [5.74, 6) is -1.11. The van der Waals surface area contributed by atoms with E-state index in [-0.39, 0.29) is 23.6 Å². The average molecular weight is 444 g/mol. The van der Waals surface area contributed by atoms with Gasteiger partial charge in [-0.2, -0.15) is 0 Å². The Morgan fingerprint density at radius 1 is 1.12 bits per heavy atom. The van der Waals surface area contributed by atoms with Crippen molar-refractivity contribution in [3.05, 3.63) is 94.8 Å². The van der Waals surface area contributed by atoms with Crippen LogP contribution in [0.3, 0.4) is 0 Å². The first kappa shape index (κ1) is 22.1. The third-order valence-corrected chi connectivity index (χ3v) is 5.55. The van der Waals surface area contributed by atoms with Gasteiger partial charge in [-0.15, -0.1) is 0 Å². The molecular formula is C26H24N2O5. The minimum absolute atomic E-state index is 0.00335. The number of carbonyl (C=O) groups excluding carboxylic acids is 2. The Hall–Kier alpha value is -4.13. The largest absolute Gasteiger partial charge is 0.508 e. The van der Waals surface area contributed by atoms with Crippen LogP contribution in [0.4, 0.5) is 0 Å². The van der Waals surface area contributed by atoms with Gasteiger partial charge in [-0.1, -0.05) is 18.2 Å². The summed E-state index contributed by atoms with van der Waals surface area (Å²) < 4.78 is 5.56. The second kappa shape index (κ2) is 9.16. The maximum absolute atomic E-state index is 13.1. The number of phenols is 1. The molecule has 3 aromatic rings. The zero-order valence-electron chi connectivity index (χ0n) is 18.4. The van der Waals surface area contributed by atoms with Gasteiger partial charge in [-0.25, -0.2) is 0 Å². The van der Waals surface area contributed by atoms with Gasteiger partial charge >= 0.3 is 0 Å². The molecule has 1 amide bonds. The number of ketones is 1. The lowest BCUT2D eigenvalue weighted by Gasteiger charge is -2.25. The highest BCUT2D eigenvalue weighted by atomic mass is 16.5. The van der Waals surface area contributed by atoms with Crippen molar-refractivity contribution in [1.29, 1.82) is 0 Å². The van der Waals surface area contributed by atoms with Crippen molar-refractivity contribution in [2.45, 2.75) is 26.4 Å². The van der Waals surface area contributed by atoms with Crippen LogP contribution in [0.2, 0.25) is 0 Å². The number of carbonyl (C=O) groups is 2. The smallest absolute Gasteiger partial charge is 0.295 e. The number of aliphatic hydroxyl groups is 1. The van der Waals surface area contributed by atoms with Gasteiger partial charge in [0.25, 0.3) is 11.7 Å². The molecule has 0 aliphatic carbocycles. The van der Waals surface area contributed by atoms with Gasteiger partial charge in [0.15, 0.2) is 0 Å². The molecule has 1 atom stereocenters. The van der Waals surface area contributed by atoms with Crippen LogP contribution in [0.5, 0.6) is 11.5 Å². The second-order valence-corrected chi connectivity index (χ2v) is 7.80. The fraction of sp³-hybridized carbons (Fsp3) is 0.192. The topological polar surface area (TPSA) is 100.0 Å². The van der Waals surface area contributed by atoms with E-state index in [1.54, 1.807) is 48.8 Å². The van der Waals surface area contributed by atoms with Crippen molar-refractivity contribution >= 4 is 17.4 Å². The van der Waals surface area contributed by atoms with E-state index in [1.807, 2.05) is 19.9 Å². The summed E-state index contributed by atoms with van der Waals surface area (Å²) in [5, 5.41) is 21.3. The predicted molar refractivity (Wildman–Crippen MR) is 123 cm³/mol. The van der Waals surface area contributed by atoms with Crippen molar-refractivity contribution in [1.82, 2.24) is 9.88 Å². The van der Waals surface area contributed by atoms with Gasteiger partial charge in [-0.3, -0.25) is 14.6 Å². The highest BCUT2D eigenvalue weighted by molar-refractivity contribution is 6.46. The molecule has 1 aliphatic heterocycles. The molecule has 0 radical (unpaired) electrons. The Morgan fingerprint density at radius 3 is 2.61 bits per heavy atom. The molecule has 2 N–H and O–H groups in total. The van der Waals surface area contributed by atoms with Crippen LogP contribution in [-0.4, -0.2) is 38.4 Å². The number of hydrogen-bond acceptors (Lipinski definition) is 6. The Balaban J connectivity index is 1.85. The van der Waals surface area contributed by atoms with Crippen molar-refractivity contribution in [2.24, 2.45) is 0 Å². The van der Waals surface area contributed by atoms with E-state index < -0.39 is 17.7 Å². The molecule has 1 unspecified atom stereocenters. The minimum Gasteiger partial charge on any atom is -0.508 e. The van der Waals surface area contributed by atoms with Crippen LogP contribution in [0.15, 0.2) is 72.6 Å². The SMILES string of the molecule is CCOc1ccc(/C(O)=C2/C(=O)C(=O)N(Cc3cccnc3)C2c2cccc(O)c2)cc1C. The average Bonchev–Trinajstić information content (AvgIpc) is 3.05. The maximum Gasteiger partial charge on any atom is 0.295 e. The highest BCUT2D eigenvalue weighted by Crippen LogP contribution is 2.41. The van der Waals surface area contributed by atoms with Gasteiger partial charge in [0.05, 0.1) is 18.2 Å². The molecular weight excluding hydrogens is 420 g/mol. The molecule has 0 bridgehead atoms. The normalized spacial score (nSPS) is 17.4. The van der Waals surface area contributed by atoms with Gasteiger partial charge < -0.3 is 19.8 Å². The number of aryl methyl sites for hydroxylation is 1. The zero-order chi connectivity index (χ0) is 23.5. The van der Waals surface area contributed by atoms with Crippen LogP contribution >= 0.6 is 0 Å². The number of aromatic hydroxyl groups is 1. The number of aliphatic hydroxyl groups excluding tert-OH is 1. The van der Waals surface area contributed by atoms with E-state index in [0.717, 1.165) is 11.1 Å². The molecule has 7 heteroatoms. The van der Waals surface area contributed by atoms with Gasteiger partial charge in [-0.05, 0) is 66.9 Å². The number of benzene rings is 2. The lowest BCUT2D eigenvalue weighted by atomic mass is 9.94. The Morgan fingerprint density at radius 2 is 1.94 bits per heavy atom. The number of phenolic OH excluding ortho intramolecular Hbond substituents is 1. The van der Waals surface area contributed by atoms with Crippen LogP contribution in [0, 0.1) is 6.92 Å². The zero-order valence-corrected chi connectivity index (χ0v) is 18.4. The van der Waals surface area contributed by atoms with Crippen molar-refractivity contribution in [3.8, 4) is 11.5 Å². The van der Waals surface area contributed by atoms with Gasteiger partial charge in [0.1, 0.15) is 17.3 Å². The predicted octanol–water partition coefficient (Wildman–Crippen LogP) is 4.12. The number of nitrogens with zero attached hydrogens (tertiary/aromatic N) is 2. The van der Waals surface area contributed by atoms with Crippen molar-refractivity contribution in [2.75, 3.05) is 6.61 Å². The number of ether oxygens (including phenoxy) is 1. The molecule has 7 nitrogen and oxygen atoms in total. The van der Waals surface area contributed by atoms with E-state index >= 15 is 0 Å². The molecule has 0 saturated carbocycles. The standard InChI is InChI=1S/C26H24N2O5/c1-3-33-21-10-9-19(12-16(21)2)24(30)22-23(18-7-4-8-20(29)13-18)28(26(32)25(22)31)15-17-6-5-11-27-14-17/h4-14,23,29-30H,3,15H2,1-2H3/b24-22-. The Bertz CT molecular complexity index is 1240. The third kappa shape index (κ3) is 4.30. The van der Waals surface area contributed by atoms with Gasteiger partial charge in [0.2, 0.25) is 0 Å². The fourth-order valence-corrected chi connectivity index (χ4v) is 4.04. The number of pyridine rings is 1. The summed E-state index contributed by atoms with van der Waals surface area (Å²) in [6.07, 6.45) is 3.24. The molecule has 1 saturated heterocycles. The maximum atomic E-state index is 13.1. The minimum atomic E-state index is -0.871. The number of likely N-dealkylation sites (tertiary alicyclic amines) is 1. The first-order valence-corrected chi connectivity index (χ1v) is 10.6. The van der Waals surface area contributed by atoms with Crippen molar-refractivity contribution in [3.63, 3.8) is 0 Å².